The molecule has 0 saturated carbocycles. The first kappa shape index (κ1) is 12.8. The Labute approximate surface area is 161 Å². The summed E-state index contributed by atoms with van der Waals surface area (Å²) in [4.78, 5) is 13.3. The zero-order valence-corrected chi connectivity index (χ0v) is 17.4. The summed E-state index contributed by atoms with van der Waals surface area (Å²) in [7, 11) is 0. The molecular formula is C28H24Fe. The number of hydrogen-bond acceptors (Lipinski definition) is 0. The molecule has 144 valence electrons. The number of benzene rings is 3. The minimum Gasteiger partial charge on any atom is -0.0984 e. The first-order chi connectivity index (χ1) is 14.0. The summed E-state index contributed by atoms with van der Waals surface area (Å²) in [5.41, 5.74) is 1.20. The molecule has 0 amide bonds. The van der Waals surface area contributed by atoms with Gasteiger partial charge >= 0.3 is 66.8 Å². The minimum absolute atomic E-state index is 0.999. The summed E-state index contributed by atoms with van der Waals surface area (Å²) in [5.74, 6) is 0. The Bertz CT molecular complexity index is 1750. The predicted molar refractivity (Wildman–Crippen MR) is 118 cm³/mol. The van der Waals surface area contributed by atoms with Crippen LogP contribution in [0.2, 0.25) is 47.7 Å². The van der Waals surface area contributed by atoms with Crippen LogP contribution >= 0.6 is 0 Å². The van der Waals surface area contributed by atoms with Crippen LogP contribution in [0.1, 0.15) is 5.56 Å². The van der Waals surface area contributed by atoms with Crippen molar-refractivity contribution >= 4 is 27.6 Å². The molecule has 1 heteroatoms. The molecule has 4 atom stereocenters. The van der Waals surface area contributed by atoms with Gasteiger partial charge in [-0.15, -0.1) is 0 Å². The molecule has 3 aromatic carbocycles. The molecule has 0 radical (unpaired) electrons. The largest absolute Gasteiger partial charge is 0.0984 e. The molecule has 0 bridgehead atoms. The van der Waals surface area contributed by atoms with Gasteiger partial charge in [0.1, 0.15) is 0 Å². The fraction of sp³-hybridized carbons (Fsp3) is 0.357. The van der Waals surface area contributed by atoms with Crippen LogP contribution in [0.5, 0.6) is 0 Å². The van der Waals surface area contributed by atoms with Crippen molar-refractivity contribution < 1.29 is 6.51 Å². The van der Waals surface area contributed by atoms with E-state index in [-0.39, 0.29) is 0 Å². The maximum atomic E-state index is 4.29. The number of rotatable bonds is 2. The fourth-order valence-corrected chi connectivity index (χ4v) is 93.1. The van der Waals surface area contributed by atoms with Crippen LogP contribution in [0.4, 0.5) is 0 Å². The zero-order valence-electron chi connectivity index (χ0n) is 16.3. The number of hydrogen-bond donors (Lipinski definition) is 0. The fourth-order valence-electron chi connectivity index (χ4n) is 19.1. The van der Waals surface area contributed by atoms with E-state index < -0.39 is 6.51 Å². The molecule has 13 rings (SSSR count). The van der Waals surface area contributed by atoms with E-state index in [0.717, 1.165) is 4.31 Å². The second-order valence-corrected chi connectivity index (χ2v) is 37.5. The normalized spacial score (nSPS) is 74.0. The molecule has 10 fully saturated rings. The Hall–Kier alpha value is -1.82. The Morgan fingerprint density at radius 2 is 1.28 bits per heavy atom. The van der Waals surface area contributed by atoms with E-state index in [9.17, 15) is 0 Å². The molecule has 10 heterocycles. The van der Waals surface area contributed by atoms with E-state index in [1.54, 1.807) is 0 Å². The second kappa shape index (κ2) is 1.59. The van der Waals surface area contributed by atoms with Gasteiger partial charge in [0.05, 0.1) is 0 Å². The molecule has 4 unspecified atom stereocenters. The SMILES string of the molecule is C=C[C]12[CH]3[CH]4[CH]5[CH]1[Fe]45321678[CH]2[CH]1[CH]6[CH]7[CH]28.C=Cc1cccc2cc3ccccc3cc12. The average Bonchev–Trinajstić information content (AvgIpc) is 3.70. The van der Waals surface area contributed by atoms with E-state index in [1.807, 2.05) is 6.08 Å². The van der Waals surface area contributed by atoms with E-state index in [4.69, 9.17) is 0 Å². The maximum absolute atomic E-state index is 4.29. The van der Waals surface area contributed by atoms with Crippen LogP contribution in [0.15, 0.2) is 73.8 Å². The van der Waals surface area contributed by atoms with Gasteiger partial charge in [0, 0.05) is 0 Å². The van der Waals surface area contributed by atoms with Gasteiger partial charge in [-0.2, -0.15) is 0 Å². The molecule has 0 N–H and O–H groups in total. The van der Waals surface area contributed by atoms with Crippen LogP contribution in [-0.2, 0) is 6.51 Å². The van der Waals surface area contributed by atoms with Crippen molar-refractivity contribution in [1.29, 1.82) is 0 Å². The molecule has 10 aliphatic rings. The molecule has 0 nitrogen and oxygen atoms in total. The molecule has 10 saturated heterocycles. The van der Waals surface area contributed by atoms with Gasteiger partial charge in [-0.25, -0.2) is 0 Å². The molecule has 3 aromatic rings. The summed E-state index contributed by atoms with van der Waals surface area (Å²) in [5, 5.41) is 5.12. The van der Waals surface area contributed by atoms with Crippen molar-refractivity contribution in [2.24, 2.45) is 0 Å². The molecule has 1 spiro atoms. The van der Waals surface area contributed by atoms with Crippen LogP contribution in [0.3, 0.4) is 0 Å². The Morgan fingerprint density at radius 3 is 1.72 bits per heavy atom. The maximum Gasteiger partial charge on any atom is -0.0105 e. The van der Waals surface area contributed by atoms with Crippen LogP contribution in [0.25, 0.3) is 27.6 Å². The summed E-state index contributed by atoms with van der Waals surface area (Å²) in [6.45, 7) is 5.53. The van der Waals surface area contributed by atoms with Crippen molar-refractivity contribution in [3.05, 3.63) is 79.4 Å². The van der Waals surface area contributed by atoms with Gasteiger partial charge in [0.25, 0.3) is 0 Å². The van der Waals surface area contributed by atoms with Crippen molar-refractivity contribution in [3.8, 4) is 0 Å². The monoisotopic (exact) mass is 416 g/mol. The Kier molecular flexibility index (Phi) is 0.701. The van der Waals surface area contributed by atoms with Crippen LogP contribution in [-0.4, -0.2) is 0 Å². The van der Waals surface area contributed by atoms with Crippen molar-refractivity contribution in [2.75, 3.05) is 0 Å². The Balaban J connectivity index is 0.0000000849. The summed E-state index contributed by atoms with van der Waals surface area (Å²) in [6.07, 6.45) is 4.48. The minimum atomic E-state index is -2.62. The van der Waals surface area contributed by atoms with E-state index >= 15 is 0 Å². The first-order valence-corrected chi connectivity index (χ1v) is 17.7. The van der Waals surface area contributed by atoms with Crippen molar-refractivity contribution in [2.45, 2.75) is 47.7 Å². The topological polar surface area (TPSA) is 0 Å². The molecule has 0 aromatic heterocycles. The quantitative estimate of drug-likeness (QED) is 0.223. The zero-order chi connectivity index (χ0) is 18.7. The van der Waals surface area contributed by atoms with E-state index in [1.165, 1.54) is 70.5 Å². The molecule has 29 heavy (non-hydrogen) atoms. The smallest absolute Gasteiger partial charge is 0.0105 e. The van der Waals surface area contributed by atoms with Crippen molar-refractivity contribution in [3.63, 3.8) is 0 Å². The van der Waals surface area contributed by atoms with Crippen LogP contribution < -0.4 is 0 Å². The average molecular weight is 416 g/mol. The van der Waals surface area contributed by atoms with Gasteiger partial charge in [0.15, 0.2) is 0 Å². The summed E-state index contributed by atoms with van der Waals surface area (Å²) < 4.78 is 0.999. The second-order valence-electron chi connectivity index (χ2n) is 13.9. The van der Waals surface area contributed by atoms with Crippen molar-refractivity contribution in [1.82, 2.24) is 0 Å². The third kappa shape index (κ3) is 0.247. The summed E-state index contributed by atoms with van der Waals surface area (Å²) in [6, 6.07) is 19.2. The number of fused-ring (bicyclic) bond motifs is 12. The van der Waals surface area contributed by atoms with Gasteiger partial charge in [-0.3, -0.25) is 0 Å². The predicted octanol–water partition coefficient (Wildman–Crippen LogP) is 8.57. The number of allylic oxidation sites excluding steroid dienone is 1. The first-order valence-electron chi connectivity index (χ1n) is 11.4. The molecule has 10 aliphatic heterocycles. The third-order valence-corrected chi connectivity index (χ3v) is 60.6. The summed E-state index contributed by atoms with van der Waals surface area (Å²) >= 11 is 0. The van der Waals surface area contributed by atoms with Gasteiger partial charge < -0.3 is 0 Å². The van der Waals surface area contributed by atoms with E-state index in [0.29, 0.717) is 0 Å². The molecular weight excluding hydrogens is 392 g/mol. The Morgan fingerprint density at radius 1 is 0.690 bits per heavy atom. The van der Waals surface area contributed by atoms with Gasteiger partial charge in [-0.05, 0) is 39.2 Å². The third-order valence-electron chi connectivity index (χ3n) is 18.1. The standard InChI is InChI=1S/C16H12.C7H7.C5H5.Fe/c1-2-12-8-5-9-15-10-13-6-3-4-7-14(13)11-16(12)15;1-2-7-5-3-4-6-7;1-2-4-5-3-1;/h2-11H,1H2;2-6H,1H2;1-5H;. The van der Waals surface area contributed by atoms with Gasteiger partial charge in [0.2, 0.25) is 0 Å². The van der Waals surface area contributed by atoms with E-state index in [2.05, 4.69) is 73.8 Å². The van der Waals surface area contributed by atoms with Gasteiger partial charge in [-0.1, -0.05) is 55.1 Å². The molecule has 0 aliphatic carbocycles. The van der Waals surface area contributed by atoms with Crippen LogP contribution in [0, 0.1) is 0 Å².